The smallest absolute Gasteiger partial charge is 0.204 e. The van der Waals surface area contributed by atoms with Crippen molar-refractivity contribution in [2.45, 2.75) is 18.9 Å². The van der Waals surface area contributed by atoms with Crippen molar-refractivity contribution in [1.29, 1.82) is 0 Å². The molecule has 0 aliphatic rings. The third-order valence-corrected chi connectivity index (χ3v) is 5.11. The summed E-state index contributed by atoms with van der Waals surface area (Å²) in [5, 5.41) is 3.51. The quantitative estimate of drug-likeness (QED) is 0.434. The van der Waals surface area contributed by atoms with Crippen molar-refractivity contribution in [2.75, 3.05) is 11.9 Å². The van der Waals surface area contributed by atoms with Gasteiger partial charge >= 0.3 is 0 Å². The maximum absolute atomic E-state index is 4.65. The van der Waals surface area contributed by atoms with Crippen LogP contribution in [0.2, 0.25) is 0 Å². The van der Waals surface area contributed by atoms with Crippen molar-refractivity contribution in [3.05, 3.63) is 120 Å². The summed E-state index contributed by atoms with van der Waals surface area (Å²) < 4.78 is 2.27. The zero-order chi connectivity index (χ0) is 19.2. The summed E-state index contributed by atoms with van der Waals surface area (Å²) in [5.74, 6) is 0.874. The summed E-state index contributed by atoms with van der Waals surface area (Å²) in [7, 11) is 0. The Labute approximate surface area is 166 Å². The number of imidazole rings is 1. The summed E-state index contributed by atoms with van der Waals surface area (Å²) in [6.45, 7) is 3.05. The number of hydrogen-bond acceptors (Lipinski definition) is 2. The second-order valence-corrected chi connectivity index (χ2v) is 6.86. The first-order valence-corrected chi connectivity index (χ1v) is 9.81. The molecular weight excluding hydrogens is 342 g/mol. The number of benzene rings is 3. The molecule has 1 aromatic heterocycles. The van der Waals surface area contributed by atoms with E-state index in [0.29, 0.717) is 0 Å². The van der Waals surface area contributed by atoms with Crippen LogP contribution in [0.5, 0.6) is 0 Å². The van der Waals surface area contributed by atoms with Gasteiger partial charge in [-0.05, 0) is 23.1 Å². The van der Waals surface area contributed by atoms with E-state index in [0.717, 1.165) is 18.9 Å². The van der Waals surface area contributed by atoms with Crippen LogP contribution in [0.4, 0.5) is 5.95 Å². The summed E-state index contributed by atoms with van der Waals surface area (Å²) in [4.78, 5) is 4.65. The van der Waals surface area contributed by atoms with E-state index in [4.69, 9.17) is 0 Å². The number of hydrogen-bond donors (Lipinski definition) is 1. The molecule has 4 aromatic rings. The Morgan fingerprint density at radius 3 is 1.64 bits per heavy atom. The molecule has 3 heteroatoms. The minimum Gasteiger partial charge on any atom is -0.356 e. The maximum Gasteiger partial charge on any atom is 0.204 e. The fraction of sp³-hybridized carbons (Fsp3) is 0.160. The van der Waals surface area contributed by atoms with Crippen LogP contribution in [0.1, 0.15) is 30.0 Å². The molecule has 28 heavy (non-hydrogen) atoms. The molecule has 140 valence electrons. The Bertz CT molecular complexity index is 895. The standard InChI is InChI=1S/C25H25N3/c1-2-18-26-24-27-19-20-28(24)25(21-12-6-3-7-13-21,22-14-8-4-9-15-22)23-16-10-5-11-17-23/h3-17,19-20H,2,18H2,1H3,(H,26,27). The van der Waals surface area contributed by atoms with Gasteiger partial charge in [-0.25, -0.2) is 4.98 Å². The molecule has 3 aromatic carbocycles. The lowest BCUT2D eigenvalue weighted by atomic mass is 9.76. The molecule has 0 aliphatic carbocycles. The van der Waals surface area contributed by atoms with Crippen molar-refractivity contribution in [3.8, 4) is 0 Å². The molecule has 4 rings (SSSR count). The van der Waals surface area contributed by atoms with E-state index in [-0.39, 0.29) is 0 Å². The van der Waals surface area contributed by atoms with E-state index >= 15 is 0 Å². The van der Waals surface area contributed by atoms with Crippen LogP contribution in [0.3, 0.4) is 0 Å². The Morgan fingerprint density at radius 1 is 0.750 bits per heavy atom. The molecular formula is C25H25N3. The van der Waals surface area contributed by atoms with Gasteiger partial charge < -0.3 is 5.32 Å². The molecule has 0 fully saturated rings. The molecule has 0 unspecified atom stereocenters. The van der Waals surface area contributed by atoms with Crippen molar-refractivity contribution >= 4 is 5.95 Å². The molecule has 0 bridgehead atoms. The summed E-state index contributed by atoms with van der Waals surface area (Å²) >= 11 is 0. The molecule has 3 nitrogen and oxygen atoms in total. The van der Waals surface area contributed by atoms with Gasteiger partial charge in [-0.1, -0.05) is 97.9 Å². The fourth-order valence-electron chi connectivity index (χ4n) is 3.90. The van der Waals surface area contributed by atoms with Crippen LogP contribution in [0.25, 0.3) is 0 Å². The van der Waals surface area contributed by atoms with E-state index in [1.165, 1.54) is 16.7 Å². The van der Waals surface area contributed by atoms with Gasteiger partial charge in [-0.2, -0.15) is 0 Å². The molecule has 1 heterocycles. The Hall–Kier alpha value is -3.33. The SMILES string of the molecule is CCCNc1nccn1C(c1ccccc1)(c1ccccc1)c1ccccc1. The zero-order valence-corrected chi connectivity index (χ0v) is 16.1. The Morgan fingerprint density at radius 2 is 1.21 bits per heavy atom. The van der Waals surface area contributed by atoms with Crippen LogP contribution in [0.15, 0.2) is 103 Å². The lowest BCUT2D eigenvalue weighted by Gasteiger charge is -2.38. The van der Waals surface area contributed by atoms with Gasteiger partial charge in [-0.3, -0.25) is 4.57 Å². The first kappa shape index (κ1) is 18.1. The normalized spacial score (nSPS) is 11.3. The van der Waals surface area contributed by atoms with Crippen LogP contribution in [-0.4, -0.2) is 16.1 Å². The van der Waals surface area contributed by atoms with Gasteiger partial charge in [0.15, 0.2) is 0 Å². The molecule has 0 aliphatic heterocycles. The highest BCUT2D eigenvalue weighted by Crippen LogP contribution is 2.42. The van der Waals surface area contributed by atoms with Crippen LogP contribution >= 0.6 is 0 Å². The third kappa shape index (κ3) is 3.09. The van der Waals surface area contributed by atoms with Crippen LogP contribution < -0.4 is 5.32 Å². The van der Waals surface area contributed by atoms with E-state index in [1.807, 2.05) is 6.20 Å². The first-order valence-electron chi connectivity index (χ1n) is 9.81. The Kier molecular flexibility index (Phi) is 5.24. The molecule has 0 atom stereocenters. The largest absolute Gasteiger partial charge is 0.356 e. The van der Waals surface area contributed by atoms with Gasteiger partial charge in [0.05, 0.1) is 0 Å². The van der Waals surface area contributed by atoms with E-state index in [2.05, 4.69) is 119 Å². The minimum absolute atomic E-state index is 0.518. The summed E-state index contributed by atoms with van der Waals surface area (Å²) in [6.07, 6.45) is 4.99. The second-order valence-electron chi connectivity index (χ2n) is 6.86. The highest BCUT2D eigenvalue weighted by atomic mass is 15.2. The Balaban J connectivity index is 2.07. The lowest BCUT2D eigenvalue weighted by Crippen LogP contribution is -2.38. The van der Waals surface area contributed by atoms with Crippen molar-refractivity contribution in [2.24, 2.45) is 0 Å². The molecule has 0 amide bonds. The number of rotatable bonds is 7. The topological polar surface area (TPSA) is 29.9 Å². The molecule has 0 saturated heterocycles. The van der Waals surface area contributed by atoms with Gasteiger partial charge in [0.1, 0.15) is 5.54 Å². The molecule has 0 spiro atoms. The average molecular weight is 367 g/mol. The van der Waals surface area contributed by atoms with Crippen molar-refractivity contribution < 1.29 is 0 Å². The third-order valence-electron chi connectivity index (χ3n) is 5.11. The van der Waals surface area contributed by atoms with Gasteiger partial charge in [0, 0.05) is 18.9 Å². The number of nitrogens with zero attached hydrogens (tertiary/aromatic N) is 2. The van der Waals surface area contributed by atoms with Gasteiger partial charge in [-0.15, -0.1) is 0 Å². The second kappa shape index (κ2) is 8.13. The lowest BCUT2D eigenvalue weighted by molar-refractivity contribution is 0.519. The highest BCUT2D eigenvalue weighted by molar-refractivity contribution is 5.53. The molecule has 1 N–H and O–H groups in total. The monoisotopic (exact) mass is 367 g/mol. The van der Waals surface area contributed by atoms with Crippen LogP contribution in [-0.2, 0) is 5.54 Å². The van der Waals surface area contributed by atoms with Gasteiger partial charge in [0.25, 0.3) is 0 Å². The zero-order valence-electron chi connectivity index (χ0n) is 16.1. The molecule has 0 saturated carbocycles. The average Bonchev–Trinajstić information content (AvgIpc) is 3.24. The predicted molar refractivity (Wildman–Crippen MR) is 116 cm³/mol. The maximum atomic E-state index is 4.65. The molecule has 0 radical (unpaired) electrons. The number of aromatic nitrogens is 2. The van der Waals surface area contributed by atoms with E-state index in [9.17, 15) is 0 Å². The van der Waals surface area contributed by atoms with Crippen molar-refractivity contribution in [3.63, 3.8) is 0 Å². The van der Waals surface area contributed by atoms with E-state index in [1.54, 1.807) is 0 Å². The summed E-state index contributed by atoms with van der Waals surface area (Å²) in [5.41, 5.74) is 3.08. The number of anilines is 1. The summed E-state index contributed by atoms with van der Waals surface area (Å²) in [6, 6.07) is 32.0. The van der Waals surface area contributed by atoms with Gasteiger partial charge in [0.2, 0.25) is 5.95 Å². The highest BCUT2D eigenvalue weighted by Gasteiger charge is 2.39. The van der Waals surface area contributed by atoms with E-state index < -0.39 is 5.54 Å². The first-order chi connectivity index (χ1) is 13.9. The van der Waals surface area contributed by atoms with Crippen molar-refractivity contribution in [1.82, 2.24) is 9.55 Å². The van der Waals surface area contributed by atoms with Crippen LogP contribution in [0, 0.1) is 0 Å². The fourth-order valence-corrected chi connectivity index (χ4v) is 3.90. The number of nitrogens with one attached hydrogen (secondary N) is 1. The minimum atomic E-state index is -0.518. The predicted octanol–water partition coefficient (Wildman–Crippen LogP) is 5.55.